The third kappa shape index (κ3) is 3.55. The van der Waals surface area contributed by atoms with Crippen molar-refractivity contribution in [3.05, 3.63) is 58.8 Å². The molecule has 1 unspecified atom stereocenters. The normalized spacial score (nSPS) is 24.3. The SMILES string of the molecule is CC(C)c1cnc2c3c(nn2c1)CN(C(=O)c1ccc(F)cc1OC1C[C@H]2CC[C@@H](C1)N2C)C3. The maximum Gasteiger partial charge on any atom is 0.258 e. The van der Waals surface area contributed by atoms with Crippen LogP contribution in [0.15, 0.2) is 30.6 Å². The predicted octanol–water partition coefficient (Wildman–Crippen LogP) is 4.15. The van der Waals surface area contributed by atoms with E-state index < -0.39 is 5.82 Å². The van der Waals surface area contributed by atoms with Crippen LogP contribution in [-0.2, 0) is 13.1 Å². The molecule has 2 aromatic heterocycles. The molecule has 3 atom stereocenters. The van der Waals surface area contributed by atoms with E-state index in [0.29, 0.717) is 42.4 Å². The number of halogens is 1. The predicted molar refractivity (Wildman–Crippen MR) is 125 cm³/mol. The summed E-state index contributed by atoms with van der Waals surface area (Å²) in [7, 11) is 2.18. The highest BCUT2D eigenvalue weighted by Gasteiger charge is 2.40. The molecule has 3 aliphatic rings. The number of aromatic nitrogens is 3. The lowest BCUT2D eigenvalue weighted by atomic mass is 10.0. The fraction of sp³-hybridized carbons (Fsp3) is 0.500. The Bertz CT molecular complexity index is 1260. The zero-order chi connectivity index (χ0) is 23.6. The highest BCUT2D eigenvalue weighted by atomic mass is 19.1. The third-order valence-corrected chi connectivity index (χ3v) is 7.84. The average molecular weight is 464 g/mol. The molecule has 0 radical (unpaired) electrons. The molecule has 2 bridgehead atoms. The van der Waals surface area contributed by atoms with E-state index in [4.69, 9.17) is 4.74 Å². The van der Waals surface area contributed by atoms with Crippen molar-refractivity contribution in [2.45, 2.75) is 76.7 Å². The number of piperidine rings is 1. The molecule has 3 aromatic rings. The number of ether oxygens (including phenoxy) is 1. The van der Waals surface area contributed by atoms with Crippen LogP contribution in [0.3, 0.4) is 0 Å². The van der Waals surface area contributed by atoms with Gasteiger partial charge in [0.25, 0.3) is 5.91 Å². The summed E-state index contributed by atoms with van der Waals surface area (Å²) in [5.74, 6) is 0.152. The molecule has 8 heteroatoms. The zero-order valence-corrected chi connectivity index (χ0v) is 19.9. The summed E-state index contributed by atoms with van der Waals surface area (Å²) >= 11 is 0. The zero-order valence-electron chi connectivity index (χ0n) is 19.9. The third-order valence-electron chi connectivity index (χ3n) is 7.84. The lowest BCUT2D eigenvalue weighted by Crippen LogP contribution is -2.44. The number of fused-ring (bicyclic) bond motifs is 5. The van der Waals surface area contributed by atoms with E-state index in [2.05, 4.69) is 35.9 Å². The van der Waals surface area contributed by atoms with Gasteiger partial charge in [-0.25, -0.2) is 13.9 Å². The van der Waals surface area contributed by atoms with E-state index in [1.807, 2.05) is 16.9 Å². The number of carbonyl (C=O) groups is 1. The van der Waals surface area contributed by atoms with E-state index >= 15 is 0 Å². The van der Waals surface area contributed by atoms with Gasteiger partial charge in [0, 0.05) is 36.1 Å². The molecule has 34 heavy (non-hydrogen) atoms. The number of carbonyl (C=O) groups excluding carboxylic acids is 1. The van der Waals surface area contributed by atoms with E-state index in [0.717, 1.165) is 35.3 Å². The minimum Gasteiger partial charge on any atom is -0.489 e. The first kappa shape index (κ1) is 21.5. The van der Waals surface area contributed by atoms with E-state index in [-0.39, 0.29) is 12.0 Å². The molecule has 6 rings (SSSR count). The Hall–Kier alpha value is -3.00. The smallest absolute Gasteiger partial charge is 0.258 e. The monoisotopic (exact) mass is 463 g/mol. The van der Waals surface area contributed by atoms with Gasteiger partial charge in [-0.05, 0) is 56.3 Å². The number of nitrogens with zero attached hydrogens (tertiary/aromatic N) is 5. The molecular formula is C26H30FN5O2. The van der Waals surface area contributed by atoms with Gasteiger partial charge in [0.1, 0.15) is 17.7 Å². The summed E-state index contributed by atoms with van der Waals surface area (Å²) in [6, 6.07) is 5.25. The van der Waals surface area contributed by atoms with Gasteiger partial charge in [0.2, 0.25) is 0 Å². The molecule has 2 saturated heterocycles. The van der Waals surface area contributed by atoms with Crippen molar-refractivity contribution in [1.82, 2.24) is 24.4 Å². The summed E-state index contributed by atoms with van der Waals surface area (Å²) in [6.45, 7) is 5.09. The molecule has 1 amide bonds. The maximum absolute atomic E-state index is 14.2. The molecule has 2 fully saturated rings. The van der Waals surface area contributed by atoms with Crippen LogP contribution in [0, 0.1) is 5.82 Å². The fourth-order valence-corrected chi connectivity index (χ4v) is 5.78. The van der Waals surface area contributed by atoms with Crippen molar-refractivity contribution >= 4 is 11.6 Å². The number of amides is 1. The standard InChI is InChI=1S/C26H30FN5O2/c1-15(2)16-11-28-25-22-13-31(14-23(22)29-32(25)12-16)26(33)21-7-4-17(27)8-24(21)34-20-9-18-5-6-19(10-20)30(18)3/h4,7-8,11-12,15,18-20H,5-6,9-10,13-14H2,1-3H3/t18-,19+,20?. The van der Waals surface area contributed by atoms with Gasteiger partial charge in [0.05, 0.1) is 24.3 Å². The first-order valence-electron chi connectivity index (χ1n) is 12.2. The molecule has 5 heterocycles. The van der Waals surface area contributed by atoms with Gasteiger partial charge < -0.3 is 14.5 Å². The minimum atomic E-state index is -0.394. The van der Waals surface area contributed by atoms with Crippen LogP contribution in [0.4, 0.5) is 4.39 Å². The first-order chi connectivity index (χ1) is 16.4. The Labute approximate surface area is 198 Å². The highest BCUT2D eigenvalue weighted by Crippen LogP contribution is 2.37. The number of rotatable bonds is 4. The summed E-state index contributed by atoms with van der Waals surface area (Å²) in [4.78, 5) is 22.3. The van der Waals surface area contributed by atoms with E-state index in [1.165, 1.54) is 25.0 Å². The Balaban J connectivity index is 1.23. The second kappa shape index (κ2) is 8.05. The topological polar surface area (TPSA) is 63.0 Å². The van der Waals surface area contributed by atoms with Crippen LogP contribution >= 0.6 is 0 Å². The fourth-order valence-electron chi connectivity index (χ4n) is 5.78. The van der Waals surface area contributed by atoms with Crippen molar-refractivity contribution in [3.8, 4) is 5.75 Å². The van der Waals surface area contributed by atoms with E-state index in [9.17, 15) is 9.18 Å². The molecule has 178 valence electrons. The molecule has 0 saturated carbocycles. The molecular weight excluding hydrogens is 433 g/mol. The number of hydrogen-bond donors (Lipinski definition) is 0. The summed E-state index contributed by atoms with van der Waals surface area (Å²) in [6.07, 6.45) is 8.07. The molecule has 7 nitrogen and oxygen atoms in total. The molecule has 3 aliphatic heterocycles. The maximum atomic E-state index is 14.2. The Morgan fingerprint density at radius 2 is 1.94 bits per heavy atom. The molecule has 0 N–H and O–H groups in total. The van der Waals surface area contributed by atoms with Crippen LogP contribution < -0.4 is 4.74 Å². The Morgan fingerprint density at radius 1 is 1.18 bits per heavy atom. The van der Waals surface area contributed by atoms with Gasteiger partial charge in [0.15, 0.2) is 5.65 Å². The van der Waals surface area contributed by atoms with Gasteiger partial charge in [-0.1, -0.05) is 13.8 Å². The van der Waals surface area contributed by atoms with Gasteiger partial charge in [-0.15, -0.1) is 0 Å². The van der Waals surface area contributed by atoms with Crippen molar-refractivity contribution in [2.75, 3.05) is 7.05 Å². The average Bonchev–Trinajstić information content (AvgIpc) is 3.41. The summed E-state index contributed by atoms with van der Waals surface area (Å²) in [5.41, 5.74) is 4.15. The van der Waals surface area contributed by atoms with Gasteiger partial charge in [-0.2, -0.15) is 5.10 Å². The van der Waals surface area contributed by atoms with Crippen LogP contribution in [0.25, 0.3) is 5.65 Å². The Kier molecular flexibility index (Phi) is 5.09. The first-order valence-corrected chi connectivity index (χ1v) is 12.2. The van der Waals surface area contributed by atoms with Gasteiger partial charge >= 0.3 is 0 Å². The van der Waals surface area contributed by atoms with Crippen LogP contribution in [0.2, 0.25) is 0 Å². The number of hydrogen-bond acceptors (Lipinski definition) is 5. The summed E-state index contributed by atoms with van der Waals surface area (Å²) in [5, 5.41) is 4.69. The Morgan fingerprint density at radius 3 is 2.68 bits per heavy atom. The quantitative estimate of drug-likeness (QED) is 0.582. The second-order valence-electron chi connectivity index (χ2n) is 10.3. The molecule has 0 aliphatic carbocycles. The second-order valence-corrected chi connectivity index (χ2v) is 10.3. The van der Waals surface area contributed by atoms with Crippen molar-refractivity contribution in [2.24, 2.45) is 0 Å². The van der Waals surface area contributed by atoms with Crippen molar-refractivity contribution in [1.29, 1.82) is 0 Å². The van der Waals surface area contributed by atoms with Crippen molar-refractivity contribution < 1.29 is 13.9 Å². The molecule has 1 aromatic carbocycles. The van der Waals surface area contributed by atoms with Gasteiger partial charge in [-0.3, -0.25) is 4.79 Å². The molecule has 0 spiro atoms. The highest BCUT2D eigenvalue weighted by molar-refractivity contribution is 5.97. The minimum absolute atomic E-state index is 0.00129. The largest absolute Gasteiger partial charge is 0.489 e. The lowest BCUT2D eigenvalue weighted by molar-refractivity contribution is 0.0622. The van der Waals surface area contributed by atoms with Crippen LogP contribution in [-0.4, -0.2) is 55.5 Å². The van der Waals surface area contributed by atoms with Crippen molar-refractivity contribution in [3.63, 3.8) is 0 Å². The number of benzene rings is 1. The van der Waals surface area contributed by atoms with E-state index in [1.54, 1.807) is 11.0 Å². The van der Waals surface area contributed by atoms with Crippen LogP contribution in [0.1, 0.15) is 72.6 Å². The lowest BCUT2D eigenvalue weighted by Gasteiger charge is -2.36. The van der Waals surface area contributed by atoms with Crippen LogP contribution in [0.5, 0.6) is 5.75 Å². The summed E-state index contributed by atoms with van der Waals surface area (Å²) < 4.78 is 22.3.